The summed E-state index contributed by atoms with van der Waals surface area (Å²) >= 11 is 0. The lowest BCUT2D eigenvalue weighted by Gasteiger charge is -2.22. The molecule has 0 radical (unpaired) electrons. The van der Waals surface area contributed by atoms with E-state index in [9.17, 15) is 0 Å². The summed E-state index contributed by atoms with van der Waals surface area (Å²) < 4.78 is 4.85. The number of aromatic nitrogens is 2. The molecule has 9 aromatic carbocycles. The van der Waals surface area contributed by atoms with Crippen LogP contribution >= 0.6 is 0 Å². The third-order valence-corrected chi connectivity index (χ3v) is 12.9. The molecule has 12 rings (SSSR count). The number of para-hydroxylation sites is 4. The average molecular weight is 753 g/mol. The molecule has 0 atom stereocenters. The maximum Gasteiger partial charge on any atom is 0.0541 e. The summed E-state index contributed by atoms with van der Waals surface area (Å²) in [4.78, 5) is 0. The molecule has 11 aromatic rings. The first-order valence-electron chi connectivity index (χ1n) is 20.6. The molecule has 0 unspecified atom stereocenters. The molecule has 2 heterocycles. The third kappa shape index (κ3) is 5.06. The van der Waals surface area contributed by atoms with Gasteiger partial charge in [0.25, 0.3) is 0 Å². The Bertz CT molecular complexity index is 3410. The zero-order valence-electron chi connectivity index (χ0n) is 33.0. The first-order valence-corrected chi connectivity index (χ1v) is 20.6. The molecule has 1 aliphatic carbocycles. The van der Waals surface area contributed by atoms with Gasteiger partial charge >= 0.3 is 0 Å². The Morgan fingerprint density at radius 3 is 1.39 bits per heavy atom. The summed E-state index contributed by atoms with van der Waals surface area (Å²) in [6.45, 7) is 4.75. The van der Waals surface area contributed by atoms with Gasteiger partial charge in [-0.15, -0.1) is 0 Å². The molecule has 0 fully saturated rings. The van der Waals surface area contributed by atoms with Gasteiger partial charge in [0.1, 0.15) is 0 Å². The highest BCUT2D eigenvalue weighted by atomic mass is 15.0. The molecule has 0 spiro atoms. The predicted molar refractivity (Wildman–Crippen MR) is 251 cm³/mol. The molecule has 59 heavy (non-hydrogen) atoms. The van der Waals surface area contributed by atoms with Crippen LogP contribution in [0, 0.1) is 0 Å². The van der Waals surface area contributed by atoms with E-state index in [-0.39, 0.29) is 5.41 Å². The van der Waals surface area contributed by atoms with Crippen LogP contribution in [0.4, 0.5) is 0 Å². The van der Waals surface area contributed by atoms with Crippen LogP contribution in [0.2, 0.25) is 0 Å². The quantitative estimate of drug-likeness (QED) is 0.155. The Balaban J connectivity index is 0.852. The van der Waals surface area contributed by atoms with Crippen molar-refractivity contribution in [1.82, 2.24) is 9.13 Å². The molecular weight excluding hydrogens is 713 g/mol. The second-order valence-corrected chi connectivity index (χ2v) is 16.5. The van der Waals surface area contributed by atoms with Crippen molar-refractivity contribution in [2.75, 3.05) is 0 Å². The Labute approximate surface area is 343 Å². The van der Waals surface area contributed by atoms with Crippen LogP contribution in [0.5, 0.6) is 0 Å². The van der Waals surface area contributed by atoms with E-state index >= 15 is 0 Å². The molecule has 0 amide bonds. The molecule has 0 saturated carbocycles. The van der Waals surface area contributed by atoms with E-state index in [1.165, 1.54) is 110 Å². The molecule has 0 bridgehead atoms. The largest absolute Gasteiger partial charge is 0.309 e. The van der Waals surface area contributed by atoms with Crippen LogP contribution in [-0.2, 0) is 5.41 Å². The van der Waals surface area contributed by atoms with Crippen LogP contribution in [0.25, 0.3) is 100 Å². The number of benzene rings is 9. The fraction of sp³-hybridized carbons (Fsp3) is 0.0526. The lowest BCUT2D eigenvalue weighted by atomic mass is 9.82. The maximum atomic E-state index is 2.42. The molecule has 2 heteroatoms. The highest BCUT2D eigenvalue weighted by Crippen LogP contribution is 2.50. The van der Waals surface area contributed by atoms with Crippen molar-refractivity contribution >= 4 is 66.5 Å². The molecule has 0 aliphatic heterocycles. The maximum absolute atomic E-state index is 2.42. The lowest BCUT2D eigenvalue weighted by Crippen LogP contribution is -2.15. The van der Waals surface area contributed by atoms with E-state index in [4.69, 9.17) is 0 Å². The molecule has 0 saturated heterocycles. The minimum absolute atomic E-state index is 0.134. The molecular formula is C57H40N2. The van der Waals surface area contributed by atoms with Crippen LogP contribution in [0.1, 0.15) is 36.1 Å². The molecule has 2 nitrogen and oxygen atoms in total. The van der Waals surface area contributed by atoms with Gasteiger partial charge in [-0.2, -0.15) is 0 Å². The summed E-state index contributed by atoms with van der Waals surface area (Å²) in [6, 6.07) is 71.4. The monoisotopic (exact) mass is 752 g/mol. The number of hydrogen-bond donors (Lipinski definition) is 0. The van der Waals surface area contributed by atoms with Gasteiger partial charge in [-0.05, 0) is 92.4 Å². The van der Waals surface area contributed by atoms with Gasteiger partial charge in [-0.3, -0.25) is 0 Å². The van der Waals surface area contributed by atoms with Crippen molar-refractivity contribution in [2.24, 2.45) is 0 Å². The number of fused-ring (bicyclic) bond motifs is 10. The second kappa shape index (κ2) is 12.8. The van der Waals surface area contributed by atoms with E-state index in [0.29, 0.717) is 0 Å². The van der Waals surface area contributed by atoms with Crippen LogP contribution in [0.15, 0.2) is 194 Å². The summed E-state index contributed by atoms with van der Waals surface area (Å²) in [5.41, 5.74) is 17.5. The highest BCUT2D eigenvalue weighted by molar-refractivity contribution is 6.12. The topological polar surface area (TPSA) is 9.86 Å². The SMILES string of the molecule is CC1(C)c2cc(/C=C/c3ccc(-c4ccc(-n5c6ccccc6c6ccccc65)c5ccccc45)cc3)ccc2-c2ccc(-n3c4ccccc4c4ccccc43)cc21. The van der Waals surface area contributed by atoms with Crippen molar-refractivity contribution in [3.63, 3.8) is 0 Å². The van der Waals surface area contributed by atoms with Crippen molar-refractivity contribution in [1.29, 1.82) is 0 Å². The van der Waals surface area contributed by atoms with Crippen molar-refractivity contribution in [3.8, 4) is 33.6 Å². The van der Waals surface area contributed by atoms with Crippen molar-refractivity contribution < 1.29 is 0 Å². The lowest BCUT2D eigenvalue weighted by molar-refractivity contribution is 0.659. The first kappa shape index (κ1) is 33.7. The Kier molecular flexibility index (Phi) is 7.31. The smallest absolute Gasteiger partial charge is 0.0541 e. The summed E-state index contributed by atoms with van der Waals surface area (Å²) in [5.74, 6) is 0. The van der Waals surface area contributed by atoms with E-state index in [2.05, 4.69) is 229 Å². The Morgan fingerprint density at radius 2 is 0.797 bits per heavy atom. The molecule has 2 aromatic heterocycles. The minimum Gasteiger partial charge on any atom is -0.309 e. The highest BCUT2D eigenvalue weighted by Gasteiger charge is 2.36. The van der Waals surface area contributed by atoms with Gasteiger partial charge in [0, 0.05) is 38.0 Å². The standard InChI is InChI=1S/C57H40N2/c1-57(2)50-35-38(27-31-43(50)44-32-30-40(36-51(44)57)58-52-19-9-5-15-46(52)47-16-6-10-20-53(47)58)24-23-37-25-28-39(29-26-37)41-33-34-56(45-14-4-3-13-42(41)45)59-54-21-11-7-17-48(54)49-18-8-12-22-55(49)59/h3-36H,1-2H3/b24-23+. The Hall–Kier alpha value is -7.42. The van der Waals surface area contributed by atoms with Gasteiger partial charge in [-0.1, -0.05) is 178 Å². The van der Waals surface area contributed by atoms with Crippen LogP contribution in [-0.4, -0.2) is 9.13 Å². The van der Waals surface area contributed by atoms with E-state index in [1.807, 2.05) is 0 Å². The van der Waals surface area contributed by atoms with Crippen molar-refractivity contribution in [3.05, 3.63) is 216 Å². The predicted octanol–water partition coefficient (Wildman–Crippen LogP) is 15.2. The molecule has 278 valence electrons. The number of nitrogens with zero attached hydrogens (tertiary/aromatic N) is 2. The van der Waals surface area contributed by atoms with Gasteiger partial charge in [-0.25, -0.2) is 0 Å². The zero-order chi connectivity index (χ0) is 39.2. The van der Waals surface area contributed by atoms with E-state index < -0.39 is 0 Å². The minimum atomic E-state index is -0.134. The summed E-state index contributed by atoms with van der Waals surface area (Å²) in [7, 11) is 0. The van der Waals surface area contributed by atoms with Crippen LogP contribution in [0.3, 0.4) is 0 Å². The van der Waals surface area contributed by atoms with E-state index in [0.717, 1.165) is 0 Å². The number of hydrogen-bond acceptors (Lipinski definition) is 0. The Morgan fingerprint density at radius 1 is 0.356 bits per heavy atom. The average Bonchev–Trinajstić information content (AvgIpc) is 3.88. The van der Waals surface area contributed by atoms with Crippen LogP contribution < -0.4 is 0 Å². The molecule has 1 aliphatic rings. The van der Waals surface area contributed by atoms with Gasteiger partial charge in [0.2, 0.25) is 0 Å². The van der Waals surface area contributed by atoms with E-state index in [1.54, 1.807) is 0 Å². The summed E-state index contributed by atoms with van der Waals surface area (Å²) in [6.07, 6.45) is 4.50. The summed E-state index contributed by atoms with van der Waals surface area (Å²) in [5, 5.41) is 7.62. The van der Waals surface area contributed by atoms with Gasteiger partial charge < -0.3 is 9.13 Å². The second-order valence-electron chi connectivity index (χ2n) is 16.5. The van der Waals surface area contributed by atoms with Gasteiger partial charge in [0.05, 0.1) is 27.8 Å². The normalized spacial score (nSPS) is 13.3. The van der Waals surface area contributed by atoms with Gasteiger partial charge in [0.15, 0.2) is 0 Å². The fourth-order valence-electron chi connectivity index (χ4n) is 10.1. The first-order chi connectivity index (χ1) is 29.0. The fourth-order valence-corrected chi connectivity index (χ4v) is 10.1. The third-order valence-electron chi connectivity index (χ3n) is 12.9. The number of rotatable bonds is 5. The molecule has 0 N–H and O–H groups in total. The van der Waals surface area contributed by atoms with Crippen molar-refractivity contribution in [2.45, 2.75) is 19.3 Å². The zero-order valence-corrected chi connectivity index (χ0v) is 33.0.